The van der Waals surface area contributed by atoms with Crippen LogP contribution in [0.15, 0.2) is 49.2 Å². The van der Waals surface area contributed by atoms with Gasteiger partial charge in [0.15, 0.2) is 5.82 Å². The fourth-order valence-corrected chi connectivity index (χ4v) is 2.93. The first-order chi connectivity index (χ1) is 13.3. The summed E-state index contributed by atoms with van der Waals surface area (Å²) in [5.41, 5.74) is 0.473. The number of carbonyl (C=O) groups is 1. The maximum absolute atomic E-state index is 12.7. The molecule has 3 rings (SSSR count). The minimum atomic E-state index is -4.40. The summed E-state index contributed by atoms with van der Waals surface area (Å²) in [6.07, 6.45) is 2.90. The van der Waals surface area contributed by atoms with Gasteiger partial charge in [-0.25, -0.2) is 19.7 Å². The Bertz CT molecular complexity index is 951. The van der Waals surface area contributed by atoms with Gasteiger partial charge < -0.3 is 9.67 Å². The van der Waals surface area contributed by atoms with Crippen molar-refractivity contribution >= 4 is 5.97 Å². The number of aromatic carboxylic acids is 1. The molecule has 146 valence electrons. The third kappa shape index (κ3) is 4.03. The summed E-state index contributed by atoms with van der Waals surface area (Å²) in [4.78, 5) is 23.8. The van der Waals surface area contributed by atoms with Crippen LogP contribution in [0.25, 0.3) is 11.4 Å². The van der Waals surface area contributed by atoms with Crippen molar-refractivity contribution in [2.45, 2.75) is 32.0 Å². The van der Waals surface area contributed by atoms with Crippen molar-refractivity contribution in [1.29, 1.82) is 0 Å². The lowest BCUT2D eigenvalue weighted by Gasteiger charge is -2.19. The number of benzene rings is 1. The lowest BCUT2D eigenvalue weighted by atomic mass is 10.0. The molecule has 0 fully saturated rings. The van der Waals surface area contributed by atoms with E-state index in [1.54, 1.807) is 17.0 Å². The van der Waals surface area contributed by atoms with Gasteiger partial charge in [-0.15, -0.1) is 0 Å². The number of hydrogen-bond acceptors (Lipinski definition) is 4. The van der Waals surface area contributed by atoms with E-state index in [1.807, 2.05) is 6.92 Å². The van der Waals surface area contributed by atoms with Gasteiger partial charge >= 0.3 is 12.1 Å². The quantitative estimate of drug-likeness (QED) is 0.673. The van der Waals surface area contributed by atoms with Crippen LogP contribution in [-0.2, 0) is 6.18 Å². The molecule has 0 saturated carbocycles. The van der Waals surface area contributed by atoms with Crippen molar-refractivity contribution < 1.29 is 23.1 Å². The summed E-state index contributed by atoms with van der Waals surface area (Å²) in [5.74, 6) is -0.794. The van der Waals surface area contributed by atoms with Gasteiger partial charge in [0, 0.05) is 23.5 Å². The van der Waals surface area contributed by atoms with E-state index in [9.17, 15) is 23.1 Å². The Hall–Kier alpha value is -3.23. The van der Waals surface area contributed by atoms with Crippen molar-refractivity contribution in [2.24, 2.45) is 0 Å². The molecule has 0 radical (unpaired) electrons. The van der Waals surface area contributed by atoms with Crippen LogP contribution in [0.1, 0.15) is 47.4 Å². The highest BCUT2D eigenvalue weighted by atomic mass is 19.4. The number of halogens is 3. The number of carboxylic acid groups (broad SMARTS) is 1. The molecular formula is C19H17F3N4O2. The van der Waals surface area contributed by atoms with Gasteiger partial charge in [0.25, 0.3) is 0 Å². The Morgan fingerprint density at radius 1 is 1.14 bits per heavy atom. The van der Waals surface area contributed by atoms with E-state index in [0.29, 0.717) is 17.5 Å². The number of nitrogens with zero attached hydrogens (tertiary/aromatic N) is 4. The van der Waals surface area contributed by atoms with Gasteiger partial charge in [0.05, 0.1) is 24.1 Å². The second-order valence-corrected chi connectivity index (χ2v) is 6.21. The normalized spacial score (nSPS) is 12.7. The number of carboxylic acids is 1. The first-order valence-corrected chi connectivity index (χ1v) is 8.56. The van der Waals surface area contributed by atoms with Gasteiger partial charge in [0.1, 0.15) is 5.69 Å². The molecule has 1 atom stereocenters. The SMILES string of the molecule is CCCC(c1cnc(-c2ccc(C(F)(F)F)cc2)nc1)n1cncc1C(=O)O. The zero-order valence-corrected chi connectivity index (χ0v) is 14.9. The second-order valence-electron chi connectivity index (χ2n) is 6.21. The number of aromatic nitrogens is 4. The first-order valence-electron chi connectivity index (χ1n) is 8.56. The topological polar surface area (TPSA) is 80.9 Å². The standard InChI is InChI=1S/C19H17F3N4O2/c1-2-3-15(26-11-23-10-16(26)18(27)28)13-8-24-17(25-9-13)12-4-6-14(7-5-12)19(20,21)22/h4-11,15H,2-3H2,1H3,(H,27,28). The van der Waals surface area contributed by atoms with E-state index in [4.69, 9.17) is 0 Å². The Morgan fingerprint density at radius 3 is 2.32 bits per heavy atom. The van der Waals surface area contributed by atoms with E-state index >= 15 is 0 Å². The molecule has 0 aliphatic heterocycles. The lowest BCUT2D eigenvalue weighted by molar-refractivity contribution is -0.137. The van der Waals surface area contributed by atoms with E-state index in [1.165, 1.54) is 24.7 Å². The van der Waals surface area contributed by atoms with Crippen molar-refractivity contribution in [3.63, 3.8) is 0 Å². The minimum Gasteiger partial charge on any atom is -0.477 e. The minimum absolute atomic E-state index is 0.0604. The van der Waals surface area contributed by atoms with Gasteiger partial charge in [-0.3, -0.25) is 0 Å². The highest BCUT2D eigenvalue weighted by molar-refractivity contribution is 5.85. The molecule has 0 saturated heterocycles. The fourth-order valence-electron chi connectivity index (χ4n) is 2.93. The van der Waals surface area contributed by atoms with Crippen molar-refractivity contribution in [3.05, 3.63) is 66.0 Å². The molecule has 6 nitrogen and oxygen atoms in total. The van der Waals surface area contributed by atoms with Crippen LogP contribution < -0.4 is 0 Å². The summed E-state index contributed by atoms with van der Waals surface area (Å²) < 4.78 is 39.6. The Kier molecular flexibility index (Phi) is 5.43. The van der Waals surface area contributed by atoms with Gasteiger partial charge in [-0.2, -0.15) is 13.2 Å². The molecular weight excluding hydrogens is 373 g/mol. The van der Waals surface area contributed by atoms with Gasteiger partial charge in [-0.05, 0) is 18.6 Å². The van der Waals surface area contributed by atoms with Crippen molar-refractivity contribution in [3.8, 4) is 11.4 Å². The Morgan fingerprint density at radius 2 is 1.79 bits per heavy atom. The maximum atomic E-state index is 12.7. The van der Waals surface area contributed by atoms with Crippen LogP contribution in [0.5, 0.6) is 0 Å². The summed E-state index contributed by atoms with van der Waals surface area (Å²) in [6.45, 7) is 1.97. The van der Waals surface area contributed by atoms with Crippen LogP contribution in [-0.4, -0.2) is 30.6 Å². The van der Waals surface area contributed by atoms with Crippen LogP contribution >= 0.6 is 0 Å². The van der Waals surface area contributed by atoms with Gasteiger partial charge in [0.2, 0.25) is 0 Å². The molecule has 0 aliphatic rings. The molecule has 28 heavy (non-hydrogen) atoms. The van der Waals surface area contributed by atoms with E-state index in [-0.39, 0.29) is 17.6 Å². The molecule has 0 bridgehead atoms. The zero-order chi connectivity index (χ0) is 20.3. The summed E-state index contributed by atoms with van der Waals surface area (Å²) in [5, 5.41) is 9.32. The number of rotatable bonds is 6. The summed E-state index contributed by atoms with van der Waals surface area (Å²) in [6, 6.07) is 4.30. The monoisotopic (exact) mass is 390 g/mol. The predicted molar refractivity (Wildman–Crippen MR) is 94.7 cm³/mol. The molecule has 0 amide bonds. The predicted octanol–water partition coefficient (Wildman–Crippen LogP) is 4.45. The molecule has 0 spiro atoms. The second kappa shape index (κ2) is 7.79. The Labute approximate surface area is 158 Å². The summed E-state index contributed by atoms with van der Waals surface area (Å²) in [7, 11) is 0. The maximum Gasteiger partial charge on any atom is 0.416 e. The Balaban J connectivity index is 1.89. The highest BCUT2D eigenvalue weighted by Gasteiger charge is 2.30. The third-order valence-corrected chi connectivity index (χ3v) is 4.31. The largest absolute Gasteiger partial charge is 0.477 e. The number of imidazole rings is 1. The number of hydrogen-bond donors (Lipinski definition) is 1. The lowest BCUT2D eigenvalue weighted by Crippen LogP contribution is -2.16. The molecule has 9 heteroatoms. The molecule has 0 aliphatic carbocycles. The van der Waals surface area contributed by atoms with Crippen LogP contribution in [0.4, 0.5) is 13.2 Å². The molecule has 1 aromatic carbocycles. The average Bonchev–Trinajstić information content (AvgIpc) is 3.15. The molecule has 1 unspecified atom stereocenters. The third-order valence-electron chi connectivity index (χ3n) is 4.31. The van der Waals surface area contributed by atoms with Crippen LogP contribution in [0.2, 0.25) is 0 Å². The van der Waals surface area contributed by atoms with E-state index < -0.39 is 17.7 Å². The smallest absolute Gasteiger partial charge is 0.416 e. The van der Waals surface area contributed by atoms with Crippen LogP contribution in [0.3, 0.4) is 0 Å². The molecule has 3 aromatic rings. The van der Waals surface area contributed by atoms with E-state index in [0.717, 1.165) is 18.6 Å². The molecule has 2 heterocycles. The average molecular weight is 390 g/mol. The zero-order valence-electron chi connectivity index (χ0n) is 14.9. The molecule has 2 aromatic heterocycles. The van der Waals surface area contributed by atoms with E-state index in [2.05, 4.69) is 15.0 Å². The number of alkyl halides is 3. The van der Waals surface area contributed by atoms with Crippen LogP contribution in [0, 0.1) is 0 Å². The summed E-state index contributed by atoms with van der Waals surface area (Å²) >= 11 is 0. The van der Waals surface area contributed by atoms with Crippen molar-refractivity contribution in [2.75, 3.05) is 0 Å². The van der Waals surface area contributed by atoms with Gasteiger partial charge in [-0.1, -0.05) is 25.5 Å². The first kappa shape index (κ1) is 19.5. The highest BCUT2D eigenvalue weighted by Crippen LogP contribution is 2.30. The molecule has 1 N–H and O–H groups in total. The van der Waals surface area contributed by atoms with Crippen molar-refractivity contribution in [1.82, 2.24) is 19.5 Å². The fraction of sp³-hybridized carbons (Fsp3) is 0.263.